The van der Waals surface area contributed by atoms with Gasteiger partial charge in [-0.3, -0.25) is 9.59 Å². The molecule has 0 unspecified atom stereocenters. The first kappa shape index (κ1) is 21.7. The molecule has 0 spiro atoms. The lowest BCUT2D eigenvalue weighted by Crippen LogP contribution is -2.59. The van der Waals surface area contributed by atoms with Crippen molar-refractivity contribution < 1.29 is 14.0 Å². The molecule has 3 saturated carbocycles. The second-order valence-corrected chi connectivity index (χ2v) is 11.2. The number of nitrogens with zero attached hydrogens (tertiary/aromatic N) is 1. The van der Waals surface area contributed by atoms with E-state index in [1.807, 2.05) is 11.9 Å². The van der Waals surface area contributed by atoms with E-state index >= 15 is 0 Å². The van der Waals surface area contributed by atoms with Gasteiger partial charge >= 0.3 is 0 Å². The minimum atomic E-state index is -0.331. The van der Waals surface area contributed by atoms with E-state index in [4.69, 9.17) is 0 Å². The van der Waals surface area contributed by atoms with E-state index < -0.39 is 0 Å². The maximum absolute atomic E-state index is 13.5. The third-order valence-corrected chi connectivity index (χ3v) is 9.86. The molecule has 0 saturated heterocycles. The third-order valence-electron chi connectivity index (χ3n) is 9.86. The summed E-state index contributed by atoms with van der Waals surface area (Å²) in [5.74, 6) is 2.08. The van der Waals surface area contributed by atoms with Crippen molar-refractivity contribution in [2.45, 2.75) is 64.8 Å². The Bertz CT molecular complexity index is 961. The summed E-state index contributed by atoms with van der Waals surface area (Å²) >= 11 is 0. The van der Waals surface area contributed by atoms with Crippen LogP contribution in [0.15, 0.2) is 36.4 Å². The minimum Gasteiger partial charge on any atom is -0.338 e. The Morgan fingerprint density at radius 2 is 1.97 bits per heavy atom. The van der Waals surface area contributed by atoms with Crippen molar-refractivity contribution in [1.82, 2.24) is 4.90 Å². The van der Waals surface area contributed by atoms with Crippen molar-refractivity contribution in [1.29, 1.82) is 0 Å². The van der Waals surface area contributed by atoms with Crippen molar-refractivity contribution >= 4 is 17.5 Å². The normalized spacial score (nSPS) is 40.4. The van der Waals surface area contributed by atoms with Crippen LogP contribution < -0.4 is 5.32 Å². The van der Waals surface area contributed by atoms with E-state index in [1.54, 1.807) is 18.2 Å². The Labute approximate surface area is 190 Å². The fraction of sp³-hybridized carbons (Fsp3) is 0.630. The van der Waals surface area contributed by atoms with Crippen LogP contribution in [0.5, 0.6) is 0 Å². The zero-order valence-corrected chi connectivity index (χ0v) is 19.4. The van der Waals surface area contributed by atoms with Gasteiger partial charge in [0.1, 0.15) is 5.82 Å². The first-order valence-corrected chi connectivity index (χ1v) is 12.2. The van der Waals surface area contributed by atoms with Gasteiger partial charge in [-0.05, 0) is 91.9 Å². The average molecular weight is 439 g/mol. The molecule has 3 aliphatic carbocycles. The molecule has 1 aromatic carbocycles. The first-order chi connectivity index (χ1) is 15.2. The molecule has 0 bridgehead atoms. The van der Waals surface area contributed by atoms with Gasteiger partial charge in [0, 0.05) is 30.6 Å². The minimum absolute atomic E-state index is 0.00406. The highest BCUT2D eigenvalue weighted by Crippen LogP contribution is 2.65. The Kier molecular flexibility index (Phi) is 5.22. The lowest BCUT2D eigenvalue weighted by atomic mass is 9.47. The molecule has 1 heterocycles. The standard InChI is InChI=1S/C27H35FN2O2/c1-26-13-11-22-20(8-10-23-27(22,2)14-12-25(32)30(23)3)21(26)9-7-17(26)15-24(31)29-19-6-4-5-18(28)16-19/h4-6,12,14,16-17,20-23H,7-11,13,15H2,1-3H3,(H,29,31)/t17-,20+,21+,22+,23-,26-,27-/m1/s1. The topological polar surface area (TPSA) is 49.4 Å². The molecule has 1 aromatic rings. The quantitative estimate of drug-likeness (QED) is 0.686. The molecular weight excluding hydrogens is 403 g/mol. The van der Waals surface area contributed by atoms with E-state index in [0.29, 0.717) is 41.8 Å². The van der Waals surface area contributed by atoms with Crippen LogP contribution in [0.1, 0.15) is 58.8 Å². The van der Waals surface area contributed by atoms with Gasteiger partial charge in [0.15, 0.2) is 0 Å². The van der Waals surface area contributed by atoms with E-state index in [-0.39, 0.29) is 28.5 Å². The SMILES string of the molecule is CN1C(=O)C=C[C@]2(C)[C@H]3CC[C@]4(C)[C@@H](CC(=O)Nc5cccc(F)c5)CC[C@H]4[C@@H]3CC[C@@H]12. The van der Waals surface area contributed by atoms with Crippen LogP contribution in [0.2, 0.25) is 0 Å². The van der Waals surface area contributed by atoms with Crippen molar-refractivity contribution in [2.75, 3.05) is 12.4 Å². The smallest absolute Gasteiger partial charge is 0.246 e. The summed E-state index contributed by atoms with van der Waals surface area (Å²) in [6, 6.07) is 6.44. The Hall–Kier alpha value is -2.17. The highest BCUT2D eigenvalue weighted by atomic mass is 19.1. The number of amides is 2. The summed E-state index contributed by atoms with van der Waals surface area (Å²) in [7, 11) is 1.96. The van der Waals surface area contributed by atoms with Crippen molar-refractivity contribution in [3.63, 3.8) is 0 Å². The number of likely N-dealkylation sites (N-methyl/N-ethyl adjacent to an activating group) is 1. The van der Waals surface area contributed by atoms with Crippen LogP contribution in [0.4, 0.5) is 10.1 Å². The number of fused-ring (bicyclic) bond motifs is 5. The lowest BCUT2D eigenvalue weighted by molar-refractivity contribution is -0.139. The molecule has 5 rings (SSSR count). The predicted octanol–water partition coefficient (Wildman–Crippen LogP) is 5.41. The molecule has 32 heavy (non-hydrogen) atoms. The van der Waals surface area contributed by atoms with Gasteiger partial charge in [0.25, 0.3) is 0 Å². The number of carbonyl (C=O) groups is 2. The van der Waals surface area contributed by atoms with E-state index in [2.05, 4.69) is 25.2 Å². The van der Waals surface area contributed by atoms with Gasteiger partial charge in [-0.2, -0.15) is 0 Å². The molecule has 4 aliphatic rings. The molecule has 4 nitrogen and oxygen atoms in total. The van der Waals surface area contributed by atoms with Gasteiger partial charge in [-0.25, -0.2) is 4.39 Å². The van der Waals surface area contributed by atoms with E-state index in [0.717, 1.165) is 19.3 Å². The summed E-state index contributed by atoms with van der Waals surface area (Å²) in [6.07, 6.45) is 11.4. The molecule has 0 radical (unpaired) electrons. The number of halogens is 1. The Balaban J connectivity index is 1.31. The molecule has 2 amide bonds. The van der Waals surface area contributed by atoms with Gasteiger partial charge in [-0.15, -0.1) is 0 Å². The Morgan fingerprint density at radius 1 is 1.16 bits per heavy atom. The van der Waals surface area contributed by atoms with Gasteiger partial charge < -0.3 is 10.2 Å². The summed E-state index contributed by atoms with van der Waals surface area (Å²) < 4.78 is 13.5. The van der Waals surface area contributed by atoms with Crippen LogP contribution in [-0.4, -0.2) is 29.8 Å². The number of benzene rings is 1. The second kappa shape index (κ2) is 7.71. The summed E-state index contributed by atoms with van der Waals surface area (Å²) in [5, 5.41) is 2.91. The summed E-state index contributed by atoms with van der Waals surface area (Å²) in [5.41, 5.74) is 0.774. The number of anilines is 1. The number of carbonyl (C=O) groups excluding carboxylic acids is 2. The largest absolute Gasteiger partial charge is 0.338 e. The van der Waals surface area contributed by atoms with E-state index in [1.165, 1.54) is 31.4 Å². The Morgan fingerprint density at radius 3 is 2.75 bits per heavy atom. The van der Waals surface area contributed by atoms with Gasteiger partial charge in [-0.1, -0.05) is 26.0 Å². The van der Waals surface area contributed by atoms with Crippen LogP contribution in [0.3, 0.4) is 0 Å². The van der Waals surface area contributed by atoms with Gasteiger partial charge in [0.05, 0.1) is 0 Å². The maximum Gasteiger partial charge on any atom is 0.246 e. The molecule has 1 N–H and O–H groups in total. The first-order valence-electron chi connectivity index (χ1n) is 12.2. The lowest BCUT2D eigenvalue weighted by Gasteiger charge is -2.60. The third kappa shape index (κ3) is 3.31. The fourth-order valence-electron chi connectivity index (χ4n) is 8.18. The molecule has 1 aliphatic heterocycles. The molecule has 0 aromatic heterocycles. The number of rotatable bonds is 3. The van der Waals surface area contributed by atoms with Crippen LogP contribution in [0, 0.1) is 40.3 Å². The van der Waals surface area contributed by atoms with Crippen LogP contribution in [0.25, 0.3) is 0 Å². The van der Waals surface area contributed by atoms with Crippen molar-refractivity contribution in [2.24, 2.45) is 34.5 Å². The molecule has 3 fully saturated rings. The molecular formula is C27H35FN2O2. The van der Waals surface area contributed by atoms with Crippen molar-refractivity contribution in [3.05, 3.63) is 42.2 Å². The molecule has 7 atom stereocenters. The number of hydrogen-bond acceptors (Lipinski definition) is 2. The highest BCUT2D eigenvalue weighted by molar-refractivity contribution is 5.91. The summed E-state index contributed by atoms with van der Waals surface area (Å²) in [6.45, 7) is 4.79. The number of hydrogen-bond donors (Lipinski definition) is 1. The maximum atomic E-state index is 13.5. The van der Waals surface area contributed by atoms with Crippen LogP contribution >= 0.6 is 0 Å². The average Bonchev–Trinajstić information content (AvgIpc) is 3.07. The predicted molar refractivity (Wildman–Crippen MR) is 123 cm³/mol. The van der Waals surface area contributed by atoms with Crippen molar-refractivity contribution in [3.8, 4) is 0 Å². The zero-order valence-electron chi connectivity index (χ0n) is 19.4. The highest BCUT2D eigenvalue weighted by Gasteiger charge is 2.60. The molecule has 5 heteroatoms. The molecule has 172 valence electrons. The van der Waals surface area contributed by atoms with Gasteiger partial charge in [0.2, 0.25) is 11.8 Å². The fourth-order valence-corrected chi connectivity index (χ4v) is 8.18. The van der Waals surface area contributed by atoms with E-state index in [9.17, 15) is 14.0 Å². The summed E-state index contributed by atoms with van der Waals surface area (Å²) in [4.78, 5) is 27.0. The van der Waals surface area contributed by atoms with Crippen LogP contribution in [-0.2, 0) is 9.59 Å². The second-order valence-electron chi connectivity index (χ2n) is 11.2. The monoisotopic (exact) mass is 438 g/mol. The zero-order chi connectivity index (χ0) is 22.7. The number of nitrogens with one attached hydrogen (secondary N) is 1.